The summed E-state index contributed by atoms with van der Waals surface area (Å²) in [6.45, 7) is -10.7. The second kappa shape index (κ2) is 16.8. The van der Waals surface area contributed by atoms with Crippen molar-refractivity contribution in [1.82, 2.24) is 14.5 Å². The van der Waals surface area contributed by atoms with E-state index < -0.39 is 110 Å². The quantitative estimate of drug-likeness (QED) is 0.181. The highest BCUT2D eigenvalue weighted by molar-refractivity contribution is 5.98. The van der Waals surface area contributed by atoms with E-state index in [0.29, 0.717) is 39.1 Å². The van der Waals surface area contributed by atoms with E-state index in [9.17, 15) is 7.85 Å². The Morgan fingerprint density at radius 1 is 0.507 bits per heavy atom. The minimum atomic E-state index is -4.46. The topological polar surface area (TPSA) is 50.9 Å². The van der Waals surface area contributed by atoms with E-state index in [1.54, 1.807) is 72.8 Å². The van der Waals surface area contributed by atoms with Crippen LogP contribution in [0, 0.1) is 6.85 Å². The Morgan fingerprint density at radius 3 is 1.79 bits per heavy atom. The molecule has 0 aliphatic rings. The average molecular weight is 909 g/mol. The molecule has 1 N–H and O–H groups in total. The smallest absolute Gasteiger partial charge is 0.149 e. The SMILES string of the molecule is [2H]c1c(-c2nc3c(-c4cc(-c5cc(-c6ccc(C(C)(C)C)cc6)c(C([2H])([2H])[2H])cn5)cc(C(C)(C)C)c4)cccc3n2-c2ccc(C(C)(C)C)cc2-c2ccccc2)c(O)c(C(C([2H])([2H])[2H])(C([2H])([2H])[2H])C([2H])([2H])[2H])c([2H])c1C(C([2H])([2H])[2H])(C([2H])([2H])[2H])C([2H])([2H])[2H]. The lowest BCUT2D eigenvalue weighted by Gasteiger charge is -2.28. The number of aromatic hydroxyl groups is 1. The van der Waals surface area contributed by atoms with E-state index in [2.05, 4.69) is 20.8 Å². The van der Waals surface area contributed by atoms with Crippen LogP contribution in [0.3, 0.4) is 0 Å². The molecule has 0 aliphatic carbocycles. The van der Waals surface area contributed by atoms with Crippen LogP contribution in [0.2, 0.25) is 0 Å². The number of phenols is 1. The van der Waals surface area contributed by atoms with Crippen LogP contribution in [-0.2, 0) is 27.1 Å². The highest BCUT2D eigenvalue weighted by Crippen LogP contribution is 2.46. The van der Waals surface area contributed by atoms with Gasteiger partial charge in [0.2, 0.25) is 0 Å². The van der Waals surface area contributed by atoms with Gasteiger partial charge in [0.1, 0.15) is 11.6 Å². The van der Waals surface area contributed by atoms with Crippen molar-refractivity contribution in [3.63, 3.8) is 0 Å². The van der Waals surface area contributed by atoms with Crippen molar-refractivity contribution in [2.45, 2.75) is 137 Å². The van der Waals surface area contributed by atoms with Gasteiger partial charge in [-0.3, -0.25) is 9.55 Å². The molecule has 6 aromatic carbocycles. The summed E-state index contributed by atoms with van der Waals surface area (Å²) in [6.07, 6.45) is 1.32. The molecular weight excluding hydrogens is 815 g/mol. The Hall–Kier alpha value is -6.26. The highest BCUT2D eigenvalue weighted by atomic mass is 16.3. The Balaban J connectivity index is 1.65. The van der Waals surface area contributed by atoms with E-state index in [0.717, 1.165) is 16.7 Å². The van der Waals surface area contributed by atoms with Crippen LogP contribution in [0.25, 0.3) is 72.7 Å². The molecule has 2 aromatic heterocycles. The molecule has 344 valence electrons. The first kappa shape index (κ1) is 26.3. The number of hydrogen-bond donors (Lipinski definition) is 1. The maximum Gasteiger partial charge on any atom is 0.149 e. The van der Waals surface area contributed by atoms with Gasteiger partial charge in [0.25, 0.3) is 0 Å². The van der Waals surface area contributed by atoms with Crippen LogP contribution in [0.5, 0.6) is 5.75 Å². The molecule has 8 aromatic rings. The fraction of sp³-hybridized carbons (Fsp3) is 0.333. The molecule has 2 heterocycles. The van der Waals surface area contributed by atoms with E-state index in [1.807, 2.05) is 84.0 Å². The standard InChI is InChI=1S/C63H71N3O/c1-39-38-64-53(37-49(39)41-25-27-44(28-26-41)59(2,3)4)43-31-42(32-46(33-43)61(8,9)10)48-23-20-24-55-56(48)65-58(51-35-47(62(11,12)13)36-52(57(51)67)63(14,15)16)66(55)54-30-29-45(60(5,6)7)34-50(54)40-21-18-17-19-22-40/h17-38,67H,1-16H3/i1D3,11D3,12D3,13D3,14D3,15D3,16D3,35D,36D. The number of benzene rings is 6. The van der Waals surface area contributed by atoms with Crippen LogP contribution in [-0.4, -0.2) is 19.6 Å². The van der Waals surface area contributed by atoms with Gasteiger partial charge in [-0.15, -0.1) is 0 Å². The lowest BCUT2D eigenvalue weighted by molar-refractivity contribution is 0.446. The van der Waals surface area contributed by atoms with Gasteiger partial charge in [0, 0.05) is 57.2 Å². The van der Waals surface area contributed by atoms with Crippen molar-refractivity contribution in [2.75, 3.05) is 0 Å². The number of phenolic OH excluding ortho intramolecular Hbond substituents is 1. The van der Waals surface area contributed by atoms with Gasteiger partial charge in [-0.05, 0) is 126 Å². The van der Waals surface area contributed by atoms with E-state index in [1.165, 1.54) is 10.8 Å². The van der Waals surface area contributed by atoms with Gasteiger partial charge in [-0.1, -0.05) is 188 Å². The number of para-hydroxylation sites is 1. The first-order chi connectivity index (χ1) is 40.8. The lowest BCUT2D eigenvalue weighted by Crippen LogP contribution is -2.17. The van der Waals surface area contributed by atoms with E-state index in [-0.39, 0.29) is 33.3 Å². The van der Waals surface area contributed by atoms with Crippen molar-refractivity contribution in [1.29, 1.82) is 0 Å². The molecule has 0 bridgehead atoms. The third kappa shape index (κ3) is 9.38. The largest absolute Gasteiger partial charge is 0.507 e. The van der Waals surface area contributed by atoms with Crippen LogP contribution < -0.4 is 0 Å². The van der Waals surface area contributed by atoms with Crippen molar-refractivity contribution in [3.8, 4) is 67.5 Å². The number of aromatic nitrogens is 3. The summed E-state index contributed by atoms with van der Waals surface area (Å²) in [6, 6.07) is 30.3. The molecule has 0 aliphatic heterocycles. The zero-order valence-corrected chi connectivity index (χ0v) is 39.3. The van der Waals surface area contributed by atoms with E-state index in [4.69, 9.17) is 38.8 Å². The van der Waals surface area contributed by atoms with Crippen molar-refractivity contribution >= 4 is 11.0 Å². The molecule has 0 radical (unpaired) electrons. The minimum Gasteiger partial charge on any atom is -0.507 e. The summed E-state index contributed by atoms with van der Waals surface area (Å²) < 4.78 is 206. The normalized spacial score (nSPS) is 19.2. The summed E-state index contributed by atoms with van der Waals surface area (Å²) in [4.78, 5) is 9.86. The fourth-order valence-electron chi connectivity index (χ4n) is 8.30. The van der Waals surface area contributed by atoms with Gasteiger partial charge in [0.05, 0.1) is 30.7 Å². The summed E-state index contributed by atoms with van der Waals surface area (Å²) in [5.74, 6) is -2.43. The molecule has 67 heavy (non-hydrogen) atoms. The number of fused-ring (bicyclic) bond motifs is 1. The van der Waals surface area contributed by atoms with Crippen LogP contribution >= 0.6 is 0 Å². The monoisotopic (exact) mass is 909 g/mol. The summed E-state index contributed by atoms with van der Waals surface area (Å²) >= 11 is 0. The molecule has 0 amide bonds. The number of aryl methyl sites for hydroxylation is 1. The third-order valence-electron chi connectivity index (χ3n) is 12.2. The molecule has 0 unspecified atom stereocenters. The van der Waals surface area contributed by atoms with Gasteiger partial charge < -0.3 is 5.11 Å². The average Bonchev–Trinajstić information content (AvgIpc) is 0.808. The van der Waals surface area contributed by atoms with Crippen molar-refractivity contribution < 1.29 is 36.6 Å². The highest BCUT2D eigenvalue weighted by Gasteiger charge is 2.30. The molecule has 0 atom stereocenters. The first-order valence-electron chi connectivity index (χ1n) is 33.6. The van der Waals surface area contributed by atoms with Gasteiger partial charge in [-0.25, -0.2) is 4.98 Å². The Labute approximate surface area is 433 Å². The predicted octanol–water partition coefficient (Wildman–Crippen LogP) is 17.3. The van der Waals surface area contributed by atoms with Gasteiger partial charge in [0.15, 0.2) is 0 Å². The zero-order valence-electron chi connectivity index (χ0n) is 62.3. The minimum absolute atomic E-state index is 0.000311. The van der Waals surface area contributed by atoms with Crippen LogP contribution in [0.15, 0.2) is 134 Å². The summed E-state index contributed by atoms with van der Waals surface area (Å²) in [7, 11) is 0. The predicted molar refractivity (Wildman–Crippen MR) is 286 cm³/mol. The van der Waals surface area contributed by atoms with Crippen molar-refractivity contribution in [3.05, 3.63) is 167 Å². The van der Waals surface area contributed by atoms with Crippen LogP contribution in [0.4, 0.5) is 0 Å². The number of rotatable bonds is 6. The number of hydrogen-bond acceptors (Lipinski definition) is 3. The maximum absolute atomic E-state index is 13.3. The summed E-state index contributed by atoms with van der Waals surface area (Å²) in [5, 5.41) is 13.3. The number of pyridine rings is 1. The Kier molecular flexibility index (Phi) is 6.60. The Morgan fingerprint density at radius 2 is 1.15 bits per heavy atom. The van der Waals surface area contributed by atoms with Crippen LogP contribution in [0.1, 0.15) is 168 Å². The molecule has 0 saturated carbocycles. The maximum atomic E-state index is 13.3. The molecule has 4 nitrogen and oxygen atoms in total. The summed E-state index contributed by atoms with van der Waals surface area (Å²) in [5.41, 5.74) is -8.86. The number of imidazole rings is 1. The molecule has 8 rings (SSSR count). The molecular formula is C63H71N3O. The lowest BCUT2D eigenvalue weighted by atomic mass is 9.79. The zero-order chi connectivity index (χ0) is 67.8. The molecule has 0 saturated heterocycles. The van der Waals surface area contributed by atoms with E-state index >= 15 is 0 Å². The van der Waals surface area contributed by atoms with Gasteiger partial charge in [-0.2, -0.15) is 0 Å². The fourth-order valence-corrected chi connectivity index (χ4v) is 8.30. The second-order valence-electron chi connectivity index (χ2n) is 20.5. The Bertz CT molecular complexity index is 3900. The third-order valence-corrected chi connectivity index (χ3v) is 12.2. The van der Waals surface area contributed by atoms with Gasteiger partial charge >= 0.3 is 0 Å². The molecule has 0 spiro atoms. The molecule has 0 fully saturated rings. The van der Waals surface area contributed by atoms with Crippen molar-refractivity contribution in [2.24, 2.45) is 0 Å². The first-order valence-corrected chi connectivity index (χ1v) is 22.1. The second-order valence-corrected chi connectivity index (χ2v) is 20.5. The molecule has 4 heteroatoms. The number of nitrogens with zero attached hydrogens (tertiary/aromatic N) is 3.